The number of nitrogens with two attached hydrogens (primary N) is 1. The van der Waals surface area contributed by atoms with Gasteiger partial charge in [-0.15, -0.1) is 0 Å². The molecule has 0 spiro atoms. The molecular formula is C15H19BrClN3. The van der Waals surface area contributed by atoms with E-state index >= 15 is 0 Å². The summed E-state index contributed by atoms with van der Waals surface area (Å²) in [7, 11) is 1.98. The maximum Gasteiger partial charge on any atom is 0.0766 e. The molecule has 0 amide bonds. The molecule has 108 valence electrons. The van der Waals surface area contributed by atoms with Crippen LogP contribution in [0.2, 0.25) is 5.02 Å². The first-order chi connectivity index (χ1) is 9.56. The lowest BCUT2D eigenvalue weighted by Crippen LogP contribution is -2.16. The van der Waals surface area contributed by atoms with Crippen LogP contribution in [0.15, 0.2) is 28.7 Å². The fraction of sp³-hybridized carbons (Fsp3) is 0.400. The number of halogens is 2. The minimum atomic E-state index is 0.241. The summed E-state index contributed by atoms with van der Waals surface area (Å²) in [5.74, 6) is 0.241. The summed E-state index contributed by atoms with van der Waals surface area (Å²) in [6, 6.07) is 7.92. The van der Waals surface area contributed by atoms with E-state index in [1.54, 1.807) is 0 Å². The highest BCUT2D eigenvalue weighted by Gasteiger charge is 2.18. The standard InChI is InChI=1S/C15H19BrClN3/c1-3-13-15(16)14(20(2)19-13)8-11(9-18)10-5-4-6-12(17)7-10/h4-7,11H,3,8-9,18H2,1-2H3. The lowest BCUT2D eigenvalue weighted by molar-refractivity contribution is 0.626. The molecule has 5 heteroatoms. The zero-order valence-electron chi connectivity index (χ0n) is 11.7. The molecule has 2 N–H and O–H groups in total. The molecule has 0 fully saturated rings. The Labute approximate surface area is 133 Å². The number of aryl methyl sites for hydroxylation is 2. The Morgan fingerprint density at radius 2 is 2.20 bits per heavy atom. The Balaban J connectivity index is 2.29. The Kier molecular flexibility index (Phi) is 5.24. The number of nitrogens with zero attached hydrogens (tertiary/aromatic N) is 2. The van der Waals surface area contributed by atoms with Crippen molar-refractivity contribution < 1.29 is 0 Å². The monoisotopic (exact) mass is 355 g/mol. The van der Waals surface area contributed by atoms with Crippen molar-refractivity contribution in [3.63, 3.8) is 0 Å². The molecule has 2 rings (SSSR count). The first kappa shape index (κ1) is 15.5. The molecule has 1 unspecified atom stereocenters. The zero-order valence-corrected chi connectivity index (χ0v) is 14.1. The molecular weight excluding hydrogens is 338 g/mol. The van der Waals surface area contributed by atoms with Crippen LogP contribution in [-0.4, -0.2) is 16.3 Å². The van der Waals surface area contributed by atoms with Crippen molar-refractivity contribution >= 4 is 27.5 Å². The molecule has 0 saturated heterocycles. The van der Waals surface area contributed by atoms with Crippen LogP contribution in [0.3, 0.4) is 0 Å². The van der Waals surface area contributed by atoms with Crippen LogP contribution in [0.5, 0.6) is 0 Å². The van der Waals surface area contributed by atoms with E-state index in [2.05, 4.69) is 34.0 Å². The van der Waals surface area contributed by atoms with Crippen molar-refractivity contribution in [3.05, 3.63) is 50.7 Å². The van der Waals surface area contributed by atoms with Crippen LogP contribution < -0.4 is 5.73 Å². The van der Waals surface area contributed by atoms with Gasteiger partial charge in [-0.1, -0.05) is 30.7 Å². The largest absolute Gasteiger partial charge is 0.330 e. The highest BCUT2D eigenvalue weighted by Crippen LogP contribution is 2.28. The SMILES string of the molecule is CCc1nn(C)c(CC(CN)c2cccc(Cl)c2)c1Br. The lowest BCUT2D eigenvalue weighted by atomic mass is 9.94. The average molecular weight is 357 g/mol. The van der Waals surface area contributed by atoms with Crippen LogP contribution in [0, 0.1) is 0 Å². The van der Waals surface area contributed by atoms with Gasteiger partial charge in [-0.3, -0.25) is 4.68 Å². The van der Waals surface area contributed by atoms with Crippen LogP contribution in [0.1, 0.15) is 29.8 Å². The molecule has 1 atom stereocenters. The molecule has 0 radical (unpaired) electrons. The third-order valence-electron chi connectivity index (χ3n) is 3.55. The van der Waals surface area contributed by atoms with E-state index in [-0.39, 0.29) is 5.92 Å². The number of aromatic nitrogens is 2. The summed E-state index contributed by atoms with van der Waals surface area (Å²) in [4.78, 5) is 0. The minimum absolute atomic E-state index is 0.241. The second-order valence-electron chi connectivity index (χ2n) is 4.88. The van der Waals surface area contributed by atoms with E-state index in [4.69, 9.17) is 17.3 Å². The van der Waals surface area contributed by atoms with Crippen LogP contribution >= 0.6 is 27.5 Å². The smallest absolute Gasteiger partial charge is 0.0766 e. The van der Waals surface area contributed by atoms with Crippen molar-refractivity contribution in [1.82, 2.24) is 9.78 Å². The van der Waals surface area contributed by atoms with E-state index < -0.39 is 0 Å². The Morgan fingerprint density at radius 3 is 2.75 bits per heavy atom. The van der Waals surface area contributed by atoms with Gasteiger partial charge in [0.1, 0.15) is 0 Å². The predicted molar refractivity (Wildman–Crippen MR) is 87.2 cm³/mol. The molecule has 2 aromatic rings. The van der Waals surface area contributed by atoms with Crippen molar-refractivity contribution in [3.8, 4) is 0 Å². The average Bonchev–Trinajstić information content (AvgIpc) is 2.71. The van der Waals surface area contributed by atoms with Crippen LogP contribution in [-0.2, 0) is 19.9 Å². The molecule has 0 aliphatic heterocycles. The number of hydrogen-bond donors (Lipinski definition) is 1. The summed E-state index contributed by atoms with van der Waals surface area (Å²) in [5, 5.41) is 5.28. The van der Waals surface area contributed by atoms with Gasteiger partial charge in [0.05, 0.1) is 15.9 Å². The minimum Gasteiger partial charge on any atom is -0.330 e. The van der Waals surface area contributed by atoms with Crippen molar-refractivity contribution in [2.45, 2.75) is 25.7 Å². The molecule has 3 nitrogen and oxygen atoms in total. The Morgan fingerprint density at radius 1 is 1.45 bits per heavy atom. The van der Waals surface area contributed by atoms with Gasteiger partial charge >= 0.3 is 0 Å². The van der Waals surface area contributed by atoms with Gasteiger partial charge in [-0.2, -0.15) is 5.10 Å². The highest BCUT2D eigenvalue weighted by molar-refractivity contribution is 9.10. The molecule has 0 saturated carbocycles. The molecule has 0 aliphatic carbocycles. The third kappa shape index (κ3) is 3.25. The molecule has 0 aliphatic rings. The van der Waals surface area contributed by atoms with Crippen molar-refractivity contribution in [1.29, 1.82) is 0 Å². The predicted octanol–water partition coefficient (Wildman–Crippen LogP) is 3.68. The van der Waals surface area contributed by atoms with E-state index in [0.29, 0.717) is 6.54 Å². The van der Waals surface area contributed by atoms with E-state index in [1.807, 2.05) is 29.9 Å². The Hall–Kier alpha value is -0.840. The molecule has 0 bridgehead atoms. The summed E-state index contributed by atoms with van der Waals surface area (Å²) in [6.07, 6.45) is 1.76. The Bertz CT molecular complexity index is 595. The molecule has 1 aromatic heterocycles. The normalized spacial score (nSPS) is 12.7. The summed E-state index contributed by atoms with van der Waals surface area (Å²) in [5.41, 5.74) is 9.39. The van der Waals surface area contributed by atoms with E-state index in [9.17, 15) is 0 Å². The summed E-state index contributed by atoms with van der Waals surface area (Å²) >= 11 is 9.73. The van der Waals surface area contributed by atoms with Gasteiger partial charge < -0.3 is 5.73 Å². The van der Waals surface area contributed by atoms with Crippen LogP contribution in [0.4, 0.5) is 0 Å². The van der Waals surface area contributed by atoms with Crippen LogP contribution in [0.25, 0.3) is 0 Å². The summed E-state index contributed by atoms with van der Waals surface area (Å²) in [6.45, 7) is 2.69. The first-order valence-electron chi connectivity index (χ1n) is 6.72. The number of rotatable bonds is 5. The molecule has 1 heterocycles. The topological polar surface area (TPSA) is 43.8 Å². The van der Waals surface area contributed by atoms with Crippen molar-refractivity contribution in [2.75, 3.05) is 6.54 Å². The van der Waals surface area contributed by atoms with Gasteiger partial charge in [0.2, 0.25) is 0 Å². The number of hydrogen-bond acceptors (Lipinski definition) is 2. The van der Waals surface area contributed by atoms with Gasteiger partial charge in [0.15, 0.2) is 0 Å². The van der Waals surface area contributed by atoms with E-state index in [1.165, 1.54) is 11.3 Å². The lowest BCUT2D eigenvalue weighted by Gasteiger charge is -2.16. The molecule has 20 heavy (non-hydrogen) atoms. The van der Waals surface area contributed by atoms with Gasteiger partial charge in [-0.25, -0.2) is 0 Å². The van der Waals surface area contributed by atoms with Crippen molar-refractivity contribution in [2.24, 2.45) is 12.8 Å². The van der Waals surface area contributed by atoms with Gasteiger partial charge in [0.25, 0.3) is 0 Å². The number of benzene rings is 1. The quantitative estimate of drug-likeness (QED) is 0.888. The first-order valence-corrected chi connectivity index (χ1v) is 7.89. The second kappa shape index (κ2) is 6.74. The third-order valence-corrected chi connectivity index (χ3v) is 4.70. The van der Waals surface area contributed by atoms with Gasteiger partial charge in [0, 0.05) is 18.0 Å². The maximum atomic E-state index is 6.07. The van der Waals surface area contributed by atoms with Gasteiger partial charge in [-0.05, 0) is 53.0 Å². The second-order valence-corrected chi connectivity index (χ2v) is 6.11. The maximum absolute atomic E-state index is 6.07. The van der Waals surface area contributed by atoms with E-state index in [0.717, 1.165) is 28.0 Å². The fourth-order valence-electron chi connectivity index (χ4n) is 2.37. The highest BCUT2D eigenvalue weighted by atomic mass is 79.9. The molecule has 1 aromatic carbocycles. The zero-order chi connectivity index (χ0) is 14.7. The summed E-state index contributed by atoms with van der Waals surface area (Å²) < 4.78 is 3.04. The fourth-order valence-corrected chi connectivity index (χ4v) is 3.35.